The summed E-state index contributed by atoms with van der Waals surface area (Å²) in [5.74, 6) is 0. The van der Waals surface area contributed by atoms with Crippen LogP contribution >= 0.6 is 0 Å². The van der Waals surface area contributed by atoms with Crippen LogP contribution < -0.4 is 0 Å². The van der Waals surface area contributed by atoms with Gasteiger partial charge in [0.25, 0.3) is 0 Å². The lowest BCUT2D eigenvalue weighted by atomic mass is 9.53. The summed E-state index contributed by atoms with van der Waals surface area (Å²) in [6, 6.07) is 10.7. The summed E-state index contributed by atoms with van der Waals surface area (Å²) in [5, 5.41) is 0.335. The molecule has 0 saturated carbocycles. The molecule has 0 fully saturated rings. The monoisotopic (exact) mass is 146 g/mol. The summed E-state index contributed by atoms with van der Waals surface area (Å²) in [4.78, 5) is 0. The molecule has 0 nitrogen and oxygen atoms in total. The molecule has 0 spiro atoms. The molecule has 1 aromatic rings. The van der Waals surface area contributed by atoms with Crippen LogP contribution in [0.1, 0.15) is 19.4 Å². The first kappa shape index (κ1) is 8.38. The molecular formula is C10H15B. The highest BCUT2D eigenvalue weighted by Gasteiger charge is 2.17. The second-order valence-electron chi connectivity index (χ2n) is 3.60. The lowest BCUT2D eigenvalue weighted by Crippen LogP contribution is -2.22. The average Bonchev–Trinajstić information content (AvgIpc) is 2.06. The molecule has 0 bridgehead atoms. The Morgan fingerprint density at radius 3 is 2.09 bits per heavy atom. The number of benzene rings is 1. The van der Waals surface area contributed by atoms with E-state index in [0.717, 1.165) is 0 Å². The zero-order valence-electron chi connectivity index (χ0n) is 7.59. The number of rotatable bonds is 2. The van der Waals surface area contributed by atoms with Gasteiger partial charge in [0.1, 0.15) is 7.28 Å². The van der Waals surface area contributed by atoms with Crippen molar-refractivity contribution in [3.8, 4) is 0 Å². The van der Waals surface area contributed by atoms with E-state index in [-0.39, 0.29) is 0 Å². The van der Waals surface area contributed by atoms with Gasteiger partial charge >= 0.3 is 0 Å². The summed E-state index contributed by atoms with van der Waals surface area (Å²) in [7, 11) is 1.19. The molecule has 0 aliphatic rings. The van der Waals surface area contributed by atoms with Gasteiger partial charge in [0, 0.05) is 0 Å². The van der Waals surface area contributed by atoms with Crippen LogP contribution in [0.5, 0.6) is 0 Å². The van der Waals surface area contributed by atoms with Crippen molar-refractivity contribution in [1.29, 1.82) is 0 Å². The maximum Gasteiger partial charge on any atom is 0.129 e. The van der Waals surface area contributed by atoms with E-state index in [1.807, 2.05) is 0 Å². The van der Waals surface area contributed by atoms with Crippen LogP contribution in [0.25, 0.3) is 0 Å². The fourth-order valence-electron chi connectivity index (χ4n) is 1.09. The van der Waals surface area contributed by atoms with E-state index in [4.69, 9.17) is 0 Å². The van der Waals surface area contributed by atoms with Crippen molar-refractivity contribution < 1.29 is 0 Å². The molecule has 11 heavy (non-hydrogen) atoms. The van der Waals surface area contributed by atoms with Crippen molar-refractivity contribution in [3.63, 3.8) is 0 Å². The Hall–Kier alpha value is -0.715. The summed E-state index contributed by atoms with van der Waals surface area (Å²) in [5.41, 5.74) is 1.43. The third-order valence-corrected chi connectivity index (χ3v) is 2.44. The van der Waals surface area contributed by atoms with E-state index in [1.54, 1.807) is 0 Å². The van der Waals surface area contributed by atoms with Crippen molar-refractivity contribution in [2.24, 2.45) is 0 Å². The van der Waals surface area contributed by atoms with Crippen molar-refractivity contribution >= 4 is 7.28 Å². The predicted octanol–water partition coefficient (Wildman–Crippen LogP) is 2.41. The Morgan fingerprint density at radius 2 is 1.64 bits per heavy atom. The van der Waals surface area contributed by atoms with Gasteiger partial charge in [0.2, 0.25) is 0 Å². The van der Waals surface area contributed by atoms with Gasteiger partial charge in [-0.3, -0.25) is 0 Å². The summed E-state index contributed by atoms with van der Waals surface area (Å²) in [6.07, 6.45) is 0. The minimum absolute atomic E-state index is 0.335. The molecule has 0 radical (unpaired) electrons. The van der Waals surface area contributed by atoms with Gasteiger partial charge in [-0.05, 0) is 5.31 Å². The van der Waals surface area contributed by atoms with Crippen LogP contribution in [0.15, 0.2) is 30.3 Å². The Labute approximate surface area is 69.9 Å². The Morgan fingerprint density at radius 1 is 1.09 bits per heavy atom. The Balaban J connectivity index is 2.93. The molecule has 0 aromatic heterocycles. The van der Waals surface area contributed by atoms with Gasteiger partial charge < -0.3 is 0 Å². The molecule has 58 valence electrons. The van der Waals surface area contributed by atoms with Gasteiger partial charge in [0.05, 0.1) is 0 Å². The average molecular weight is 146 g/mol. The lowest BCUT2D eigenvalue weighted by molar-refractivity contribution is 0.752. The van der Waals surface area contributed by atoms with Crippen LogP contribution in [0, 0.1) is 0 Å². The second kappa shape index (κ2) is 3.12. The highest BCUT2D eigenvalue weighted by molar-refractivity contribution is 6.38. The smallest absolute Gasteiger partial charge is 0.0885 e. The largest absolute Gasteiger partial charge is 0.129 e. The van der Waals surface area contributed by atoms with Gasteiger partial charge in [-0.1, -0.05) is 56.6 Å². The minimum Gasteiger partial charge on any atom is -0.0885 e. The van der Waals surface area contributed by atoms with Gasteiger partial charge in [0.15, 0.2) is 0 Å². The van der Waals surface area contributed by atoms with Crippen molar-refractivity contribution in [3.05, 3.63) is 35.9 Å². The molecule has 1 rings (SSSR count). The lowest BCUT2D eigenvalue weighted by Gasteiger charge is -2.21. The first-order chi connectivity index (χ1) is 5.17. The maximum absolute atomic E-state index is 2.28. The van der Waals surface area contributed by atoms with E-state index in [0.29, 0.717) is 5.31 Å². The van der Waals surface area contributed by atoms with Crippen molar-refractivity contribution in [2.75, 3.05) is 0 Å². The Bertz CT molecular complexity index is 214. The molecular weight excluding hydrogens is 131 g/mol. The van der Waals surface area contributed by atoms with E-state index in [9.17, 15) is 0 Å². The zero-order chi connectivity index (χ0) is 8.32. The first-order valence-electron chi connectivity index (χ1n) is 4.22. The quantitative estimate of drug-likeness (QED) is 0.562. The van der Waals surface area contributed by atoms with Crippen LogP contribution in [-0.4, -0.2) is 7.28 Å². The fraction of sp³-hybridized carbons (Fsp3) is 0.400. The van der Waals surface area contributed by atoms with Crippen LogP contribution in [0.3, 0.4) is 0 Å². The SMILES string of the molecule is CBC(C)(C)c1ccccc1. The number of hydrogen-bond acceptors (Lipinski definition) is 0. The van der Waals surface area contributed by atoms with Gasteiger partial charge in [-0.15, -0.1) is 0 Å². The molecule has 0 saturated heterocycles. The maximum atomic E-state index is 2.28. The molecule has 0 heterocycles. The van der Waals surface area contributed by atoms with E-state index >= 15 is 0 Å². The standard InChI is InChI=1S/C10H15B/c1-10(2,11-3)9-7-5-4-6-8-9/h4-8,11H,1-3H3. The molecule has 0 N–H and O–H groups in total. The van der Waals surface area contributed by atoms with Crippen molar-refractivity contribution in [1.82, 2.24) is 0 Å². The van der Waals surface area contributed by atoms with Crippen molar-refractivity contribution in [2.45, 2.75) is 26.0 Å². The topological polar surface area (TPSA) is 0 Å². The molecule has 0 unspecified atom stereocenters. The normalized spacial score (nSPS) is 11.2. The summed E-state index contributed by atoms with van der Waals surface area (Å²) in [6.45, 7) is 6.79. The third-order valence-electron chi connectivity index (χ3n) is 2.44. The zero-order valence-corrected chi connectivity index (χ0v) is 7.59. The third kappa shape index (κ3) is 1.86. The van der Waals surface area contributed by atoms with Crippen LogP contribution in [0.2, 0.25) is 6.82 Å². The Kier molecular flexibility index (Phi) is 2.38. The number of hydrogen-bond donors (Lipinski definition) is 0. The molecule has 0 atom stereocenters. The molecule has 1 aromatic carbocycles. The molecule has 0 aliphatic carbocycles. The highest BCUT2D eigenvalue weighted by atomic mass is 14.1. The fourth-order valence-corrected chi connectivity index (χ4v) is 1.09. The molecule has 0 amide bonds. The van der Waals surface area contributed by atoms with Crippen LogP contribution in [0.4, 0.5) is 0 Å². The minimum atomic E-state index is 0.335. The van der Waals surface area contributed by atoms with Gasteiger partial charge in [-0.25, -0.2) is 0 Å². The summed E-state index contributed by atoms with van der Waals surface area (Å²) >= 11 is 0. The molecule has 1 heteroatoms. The second-order valence-corrected chi connectivity index (χ2v) is 3.60. The predicted molar refractivity (Wildman–Crippen MR) is 52.5 cm³/mol. The van der Waals surface area contributed by atoms with E-state index in [1.165, 1.54) is 12.8 Å². The molecule has 0 aliphatic heterocycles. The van der Waals surface area contributed by atoms with Gasteiger partial charge in [-0.2, -0.15) is 0 Å². The van der Waals surface area contributed by atoms with E-state index < -0.39 is 0 Å². The van der Waals surface area contributed by atoms with E-state index in [2.05, 4.69) is 51.0 Å². The first-order valence-corrected chi connectivity index (χ1v) is 4.22. The summed E-state index contributed by atoms with van der Waals surface area (Å²) < 4.78 is 0. The van der Waals surface area contributed by atoms with Crippen LogP contribution in [-0.2, 0) is 5.31 Å². The highest BCUT2D eigenvalue weighted by Crippen LogP contribution is 2.20.